The van der Waals surface area contributed by atoms with Crippen LogP contribution in [0.25, 0.3) is 11.1 Å². The summed E-state index contributed by atoms with van der Waals surface area (Å²) in [6.07, 6.45) is 0. The molecule has 68 valence electrons. The molecule has 0 aliphatic rings. The van der Waals surface area contributed by atoms with Crippen LogP contribution >= 0.6 is 39.1 Å². The van der Waals surface area contributed by atoms with Gasteiger partial charge in [-0.15, -0.1) is 11.6 Å². The Kier molecular flexibility index (Phi) is 2.49. The first-order valence-electron chi connectivity index (χ1n) is 3.51. The van der Waals surface area contributed by atoms with Crippen molar-refractivity contribution in [1.29, 1.82) is 0 Å². The van der Waals surface area contributed by atoms with E-state index in [0.29, 0.717) is 16.5 Å². The van der Waals surface area contributed by atoms with Crippen molar-refractivity contribution >= 4 is 50.2 Å². The number of halogens is 3. The molecule has 0 saturated carbocycles. The molecule has 1 aromatic carbocycles. The quantitative estimate of drug-likeness (QED) is 0.739. The average Bonchev–Trinajstić information content (AvgIpc) is 2.47. The Bertz CT molecular complexity index is 455. The summed E-state index contributed by atoms with van der Waals surface area (Å²) in [5.41, 5.74) is 1.30. The topological polar surface area (TPSA) is 26.0 Å². The normalized spacial score (nSPS) is 11.0. The van der Waals surface area contributed by atoms with E-state index in [1.807, 2.05) is 6.07 Å². The summed E-state index contributed by atoms with van der Waals surface area (Å²) >= 11 is 14.8. The van der Waals surface area contributed by atoms with Gasteiger partial charge in [0.05, 0.1) is 10.9 Å². The van der Waals surface area contributed by atoms with Crippen molar-refractivity contribution in [3.63, 3.8) is 0 Å². The summed E-state index contributed by atoms with van der Waals surface area (Å²) in [7, 11) is 0. The number of hydrogen-bond donors (Lipinski definition) is 0. The zero-order valence-electron chi connectivity index (χ0n) is 6.35. The first-order valence-corrected chi connectivity index (χ1v) is 5.21. The third-order valence-electron chi connectivity index (χ3n) is 1.57. The van der Waals surface area contributed by atoms with E-state index in [4.69, 9.17) is 27.6 Å². The highest BCUT2D eigenvalue weighted by molar-refractivity contribution is 9.10. The maximum Gasteiger partial charge on any atom is 0.210 e. The Morgan fingerprint density at radius 1 is 1.46 bits per heavy atom. The summed E-state index contributed by atoms with van der Waals surface area (Å²) in [6.45, 7) is 0. The molecule has 0 radical (unpaired) electrons. The number of alkyl halides is 1. The molecule has 1 heterocycles. The third kappa shape index (κ3) is 1.68. The minimum atomic E-state index is 0.253. The molecule has 0 amide bonds. The standard InChI is InChI=1S/C8H4BrCl2NO/c9-4-1-5(11)8-6(2-4)12-7(3-10)13-8/h1-2H,3H2. The summed E-state index contributed by atoms with van der Waals surface area (Å²) < 4.78 is 6.18. The second kappa shape index (κ2) is 3.48. The Morgan fingerprint density at radius 3 is 2.92 bits per heavy atom. The van der Waals surface area contributed by atoms with Crippen LogP contribution < -0.4 is 0 Å². The lowest BCUT2D eigenvalue weighted by molar-refractivity contribution is 0.555. The molecule has 0 aliphatic heterocycles. The second-order valence-electron chi connectivity index (χ2n) is 2.48. The van der Waals surface area contributed by atoms with Crippen molar-refractivity contribution in [1.82, 2.24) is 4.98 Å². The summed E-state index contributed by atoms with van der Waals surface area (Å²) in [6, 6.07) is 3.59. The van der Waals surface area contributed by atoms with Gasteiger partial charge in [0.15, 0.2) is 5.58 Å². The van der Waals surface area contributed by atoms with E-state index in [1.54, 1.807) is 6.07 Å². The Morgan fingerprint density at radius 2 is 2.23 bits per heavy atom. The van der Waals surface area contributed by atoms with Gasteiger partial charge in [0.2, 0.25) is 5.89 Å². The second-order valence-corrected chi connectivity index (χ2v) is 4.07. The maximum absolute atomic E-state index is 5.93. The van der Waals surface area contributed by atoms with Crippen molar-refractivity contribution in [2.24, 2.45) is 0 Å². The monoisotopic (exact) mass is 279 g/mol. The van der Waals surface area contributed by atoms with Crippen LogP contribution in [-0.4, -0.2) is 4.98 Å². The molecule has 0 unspecified atom stereocenters. The van der Waals surface area contributed by atoms with Crippen molar-refractivity contribution in [2.45, 2.75) is 5.88 Å². The Balaban J connectivity index is 2.75. The van der Waals surface area contributed by atoms with Crippen molar-refractivity contribution in [3.8, 4) is 0 Å². The zero-order valence-corrected chi connectivity index (χ0v) is 9.45. The lowest BCUT2D eigenvalue weighted by Crippen LogP contribution is -1.73. The van der Waals surface area contributed by atoms with E-state index in [2.05, 4.69) is 20.9 Å². The molecule has 2 aromatic rings. The van der Waals surface area contributed by atoms with E-state index in [-0.39, 0.29) is 5.88 Å². The van der Waals surface area contributed by atoms with E-state index < -0.39 is 0 Å². The summed E-state index contributed by atoms with van der Waals surface area (Å²) in [5.74, 6) is 0.736. The fraction of sp³-hybridized carbons (Fsp3) is 0.125. The van der Waals surface area contributed by atoms with Gasteiger partial charge in [-0.3, -0.25) is 0 Å². The van der Waals surface area contributed by atoms with Gasteiger partial charge in [0.1, 0.15) is 5.52 Å². The molecule has 5 heteroatoms. The molecule has 0 saturated heterocycles. The lowest BCUT2D eigenvalue weighted by Gasteiger charge is -1.91. The van der Waals surface area contributed by atoms with Crippen LogP contribution in [-0.2, 0) is 5.88 Å². The van der Waals surface area contributed by atoms with Gasteiger partial charge in [-0.25, -0.2) is 4.98 Å². The molecule has 2 rings (SSSR count). The highest BCUT2D eigenvalue weighted by Gasteiger charge is 2.08. The van der Waals surface area contributed by atoms with Gasteiger partial charge >= 0.3 is 0 Å². The molecular weight excluding hydrogens is 277 g/mol. The molecule has 0 aliphatic carbocycles. The predicted octanol–water partition coefficient (Wildman–Crippen LogP) is 3.98. The molecular formula is C8H4BrCl2NO. The molecule has 0 fully saturated rings. The first kappa shape index (κ1) is 9.31. The molecule has 0 spiro atoms. The highest BCUT2D eigenvalue weighted by Crippen LogP contribution is 2.28. The van der Waals surface area contributed by atoms with Crippen molar-refractivity contribution in [3.05, 3.63) is 27.5 Å². The third-order valence-corrected chi connectivity index (χ3v) is 2.54. The number of rotatable bonds is 1. The number of aromatic nitrogens is 1. The fourth-order valence-corrected chi connectivity index (χ4v) is 2.01. The van der Waals surface area contributed by atoms with Crippen LogP contribution in [0.15, 0.2) is 21.0 Å². The van der Waals surface area contributed by atoms with Gasteiger partial charge in [-0.05, 0) is 12.1 Å². The molecule has 0 atom stereocenters. The van der Waals surface area contributed by atoms with Crippen LogP contribution in [0, 0.1) is 0 Å². The summed E-state index contributed by atoms with van der Waals surface area (Å²) in [5, 5.41) is 0.535. The largest absolute Gasteiger partial charge is 0.438 e. The van der Waals surface area contributed by atoms with Gasteiger partial charge < -0.3 is 4.42 Å². The SMILES string of the molecule is ClCc1nc2cc(Br)cc(Cl)c2o1. The molecule has 0 bridgehead atoms. The van der Waals surface area contributed by atoms with E-state index in [9.17, 15) is 0 Å². The number of benzene rings is 1. The number of fused-ring (bicyclic) bond motifs is 1. The number of hydrogen-bond acceptors (Lipinski definition) is 2. The van der Waals surface area contributed by atoms with Crippen molar-refractivity contribution in [2.75, 3.05) is 0 Å². The fourth-order valence-electron chi connectivity index (χ4n) is 1.06. The Labute approximate surface area is 93.0 Å². The number of oxazole rings is 1. The van der Waals surface area contributed by atoms with Gasteiger partial charge in [0, 0.05) is 4.47 Å². The van der Waals surface area contributed by atoms with Crippen LogP contribution in [0.4, 0.5) is 0 Å². The number of nitrogens with zero attached hydrogens (tertiary/aromatic N) is 1. The van der Waals surface area contributed by atoms with Gasteiger partial charge in [0.25, 0.3) is 0 Å². The van der Waals surface area contributed by atoms with Crippen LogP contribution in [0.5, 0.6) is 0 Å². The molecule has 0 N–H and O–H groups in total. The minimum absolute atomic E-state index is 0.253. The molecule has 1 aromatic heterocycles. The lowest BCUT2D eigenvalue weighted by atomic mass is 10.3. The smallest absolute Gasteiger partial charge is 0.210 e. The average molecular weight is 281 g/mol. The zero-order chi connectivity index (χ0) is 9.42. The summed E-state index contributed by atoms with van der Waals surface area (Å²) in [4.78, 5) is 4.14. The van der Waals surface area contributed by atoms with E-state index >= 15 is 0 Å². The highest BCUT2D eigenvalue weighted by atomic mass is 79.9. The van der Waals surface area contributed by atoms with Crippen LogP contribution in [0.1, 0.15) is 5.89 Å². The maximum atomic E-state index is 5.93. The van der Waals surface area contributed by atoms with E-state index in [0.717, 1.165) is 9.99 Å². The van der Waals surface area contributed by atoms with Crippen LogP contribution in [0.3, 0.4) is 0 Å². The molecule has 2 nitrogen and oxygen atoms in total. The Hall–Kier alpha value is -0.250. The van der Waals surface area contributed by atoms with Crippen LogP contribution in [0.2, 0.25) is 5.02 Å². The first-order chi connectivity index (χ1) is 6.20. The predicted molar refractivity (Wildman–Crippen MR) is 56.3 cm³/mol. The van der Waals surface area contributed by atoms with Gasteiger partial charge in [-0.1, -0.05) is 27.5 Å². The van der Waals surface area contributed by atoms with Crippen molar-refractivity contribution < 1.29 is 4.42 Å². The van der Waals surface area contributed by atoms with E-state index in [1.165, 1.54) is 0 Å². The minimum Gasteiger partial charge on any atom is -0.438 e. The van der Waals surface area contributed by atoms with Gasteiger partial charge in [-0.2, -0.15) is 0 Å². The molecule has 13 heavy (non-hydrogen) atoms.